The van der Waals surface area contributed by atoms with Gasteiger partial charge in [-0.05, 0) is 0 Å². The van der Waals surface area contributed by atoms with Gasteiger partial charge in [-0.2, -0.15) is 0 Å². The molecule has 0 aromatic rings. The van der Waals surface area contributed by atoms with Crippen molar-refractivity contribution in [3.8, 4) is 0 Å². The first kappa shape index (κ1) is 5.56. The van der Waals surface area contributed by atoms with Gasteiger partial charge in [-0.3, -0.25) is 0 Å². The summed E-state index contributed by atoms with van der Waals surface area (Å²) in [5.74, 6) is 0. The van der Waals surface area contributed by atoms with Crippen LogP contribution in [0.5, 0.6) is 0 Å². The molecule has 0 saturated carbocycles. The number of hydrogen-bond donors (Lipinski definition) is 0. The third-order valence-corrected chi connectivity index (χ3v) is 1.31. The Balaban J connectivity index is 2.45. The van der Waals surface area contributed by atoms with Gasteiger partial charge >= 0.3 is 0 Å². The number of hydrogen-bond acceptors (Lipinski definition) is 2. The van der Waals surface area contributed by atoms with Crippen LogP contribution in [-0.2, 0) is 0 Å². The molecule has 44 valence electrons. The summed E-state index contributed by atoms with van der Waals surface area (Å²) >= 11 is 4.69. The molecule has 0 aliphatic carbocycles. The van der Waals surface area contributed by atoms with Crippen molar-refractivity contribution in [2.75, 3.05) is 13.7 Å². The van der Waals surface area contributed by atoms with Gasteiger partial charge in [0, 0.05) is 19.4 Å². The molecule has 0 saturated heterocycles. The molecule has 1 aliphatic rings. The standard InChI is InChI=1S/C5H8N2S/c1-6-2-3-7(4-6)5-8/h2-3,5H,4H2,1H3. The van der Waals surface area contributed by atoms with Crippen LogP contribution in [0, 0.1) is 0 Å². The van der Waals surface area contributed by atoms with Gasteiger partial charge in [-0.1, -0.05) is 12.2 Å². The van der Waals surface area contributed by atoms with E-state index in [1.54, 1.807) is 5.49 Å². The Morgan fingerprint density at radius 1 is 1.62 bits per heavy atom. The Hall–Kier alpha value is -0.570. The second-order valence-electron chi connectivity index (χ2n) is 1.82. The summed E-state index contributed by atoms with van der Waals surface area (Å²) in [5.41, 5.74) is 1.64. The van der Waals surface area contributed by atoms with Crippen LogP contribution in [0.4, 0.5) is 0 Å². The van der Waals surface area contributed by atoms with Crippen molar-refractivity contribution in [1.29, 1.82) is 0 Å². The predicted octanol–water partition coefficient (Wildman–Crippen LogP) is 0.620. The second kappa shape index (κ2) is 2.13. The van der Waals surface area contributed by atoms with Gasteiger partial charge in [0.05, 0.1) is 12.2 Å². The maximum absolute atomic E-state index is 4.69. The van der Waals surface area contributed by atoms with Crippen LogP contribution < -0.4 is 0 Å². The Morgan fingerprint density at radius 3 is 2.62 bits per heavy atom. The fourth-order valence-corrected chi connectivity index (χ4v) is 0.757. The van der Waals surface area contributed by atoms with Crippen molar-refractivity contribution >= 4 is 17.7 Å². The first-order valence-corrected chi connectivity index (χ1v) is 2.89. The van der Waals surface area contributed by atoms with Gasteiger partial charge in [0.25, 0.3) is 0 Å². The maximum atomic E-state index is 4.69. The van der Waals surface area contributed by atoms with Gasteiger partial charge in [-0.25, -0.2) is 0 Å². The summed E-state index contributed by atoms with van der Waals surface area (Å²) in [7, 11) is 2.01. The van der Waals surface area contributed by atoms with E-state index in [9.17, 15) is 0 Å². The molecule has 0 radical (unpaired) electrons. The molecule has 0 bridgehead atoms. The van der Waals surface area contributed by atoms with Gasteiger partial charge in [-0.15, -0.1) is 0 Å². The van der Waals surface area contributed by atoms with Crippen molar-refractivity contribution in [1.82, 2.24) is 9.80 Å². The van der Waals surface area contributed by atoms with E-state index in [0.717, 1.165) is 6.67 Å². The molecular weight excluding hydrogens is 120 g/mol. The van der Waals surface area contributed by atoms with E-state index in [1.165, 1.54) is 0 Å². The second-order valence-corrected chi connectivity index (χ2v) is 2.03. The summed E-state index contributed by atoms with van der Waals surface area (Å²) in [6.45, 7) is 0.892. The van der Waals surface area contributed by atoms with E-state index in [2.05, 4.69) is 17.1 Å². The van der Waals surface area contributed by atoms with Crippen LogP contribution in [-0.4, -0.2) is 29.0 Å². The summed E-state index contributed by atoms with van der Waals surface area (Å²) in [5, 5.41) is 0. The normalized spacial score (nSPS) is 17.6. The van der Waals surface area contributed by atoms with Crippen LogP contribution in [0.2, 0.25) is 0 Å². The third-order valence-electron chi connectivity index (χ3n) is 1.03. The van der Waals surface area contributed by atoms with Crippen LogP contribution in [0.25, 0.3) is 0 Å². The molecule has 0 atom stereocenters. The lowest BCUT2D eigenvalue weighted by Gasteiger charge is -2.10. The molecule has 1 aliphatic heterocycles. The highest BCUT2D eigenvalue weighted by Crippen LogP contribution is 1.99. The molecule has 1 rings (SSSR count). The van der Waals surface area contributed by atoms with Crippen LogP contribution in [0.15, 0.2) is 12.4 Å². The van der Waals surface area contributed by atoms with E-state index in [-0.39, 0.29) is 0 Å². The first-order valence-electron chi connectivity index (χ1n) is 2.42. The Labute approximate surface area is 54.4 Å². The lowest BCUT2D eigenvalue weighted by atomic mass is 10.9. The zero-order valence-electron chi connectivity index (χ0n) is 4.74. The van der Waals surface area contributed by atoms with Crippen LogP contribution in [0.1, 0.15) is 0 Å². The van der Waals surface area contributed by atoms with Crippen LogP contribution in [0.3, 0.4) is 0 Å². The highest BCUT2D eigenvalue weighted by molar-refractivity contribution is 7.78. The fraction of sp³-hybridized carbons (Fsp3) is 0.400. The molecule has 0 unspecified atom stereocenters. The SMILES string of the molecule is CN1C=CN(C=S)C1. The van der Waals surface area contributed by atoms with E-state index in [1.807, 2.05) is 24.3 Å². The van der Waals surface area contributed by atoms with Crippen molar-refractivity contribution in [2.24, 2.45) is 0 Å². The Morgan fingerprint density at radius 2 is 2.38 bits per heavy atom. The number of thiocarbonyl (C=S) groups is 1. The van der Waals surface area contributed by atoms with Gasteiger partial charge in [0.1, 0.15) is 0 Å². The zero-order chi connectivity index (χ0) is 5.98. The molecule has 0 aromatic heterocycles. The minimum absolute atomic E-state index is 0.892. The quantitative estimate of drug-likeness (QED) is 0.478. The molecule has 0 amide bonds. The van der Waals surface area contributed by atoms with Crippen molar-refractivity contribution in [2.45, 2.75) is 0 Å². The van der Waals surface area contributed by atoms with Gasteiger partial charge < -0.3 is 9.80 Å². The lowest BCUT2D eigenvalue weighted by molar-refractivity contribution is 0.394. The zero-order valence-corrected chi connectivity index (χ0v) is 5.56. The smallest absolute Gasteiger partial charge is 0.0941 e. The number of nitrogens with zero attached hydrogens (tertiary/aromatic N) is 2. The first-order chi connectivity index (χ1) is 3.83. The molecule has 0 spiro atoms. The highest BCUT2D eigenvalue weighted by atomic mass is 32.1. The Kier molecular flexibility index (Phi) is 1.48. The minimum Gasteiger partial charge on any atom is -0.361 e. The summed E-state index contributed by atoms with van der Waals surface area (Å²) < 4.78 is 0. The molecule has 0 N–H and O–H groups in total. The monoisotopic (exact) mass is 128 g/mol. The summed E-state index contributed by atoms with van der Waals surface area (Å²) in [6.07, 6.45) is 3.94. The summed E-state index contributed by atoms with van der Waals surface area (Å²) in [4.78, 5) is 4.00. The van der Waals surface area contributed by atoms with Crippen molar-refractivity contribution < 1.29 is 0 Å². The highest BCUT2D eigenvalue weighted by Gasteiger charge is 2.02. The van der Waals surface area contributed by atoms with Gasteiger partial charge in [0.2, 0.25) is 0 Å². The molecular formula is C5H8N2S. The Bertz CT molecular complexity index is 122. The van der Waals surface area contributed by atoms with E-state index in [0.29, 0.717) is 0 Å². The third kappa shape index (κ3) is 0.980. The van der Waals surface area contributed by atoms with Crippen LogP contribution >= 0.6 is 12.2 Å². The predicted molar refractivity (Wildman–Crippen MR) is 37.3 cm³/mol. The van der Waals surface area contributed by atoms with Crippen molar-refractivity contribution in [3.05, 3.63) is 12.4 Å². The van der Waals surface area contributed by atoms with Crippen molar-refractivity contribution in [3.63, 3.8) is 0 Å². The lowest BCUT2D eigenvalue weighted by Crippen LogP contribution is -2.19. The van der Waals surface area contributed by atoms with E-state index < -0.39 is 0 Å². The average Bonchev–Trinajstić information content (AvgIpc) is 2.14. The topological polar surface area (TPSA) is 6.48 Å². The van der Waals surface area contributed by atoms with Gasteiger partial charge in [0.15, 0.2) is 0 Å². The average molecular weight is 128 g/mol. The maximum Gasteiger partial charge on any atom is 0.0941 e. The minimum atomic E-state index is 0.892. The molecule has 1 heterocycles. The largest absolute Gasteiger partial charge is 0.361 e. The molecule has 0 aromatic carbocycles. The molecule has 2 nitrogen and oxygen atoms in total. The van der Waals surface area contributed by atoms with E-state index in [4.69, 9.17) is 0 Å². The molecule has 0 fully saturated rings. The molecule has 3 heteroatoms. The summed E-state index contributed by atoms with van der Waals surface area (Å²) in [6, 6.07) is 0. The van der Waals surface area contributed by atoms with E-state index >= 15 is 0 Å². The number of rotatable bonds is 1. The molecule has 8 heavy (non-hydrogen) atoms. The fourth-order valence-electron chi connectivity index (χ4n) is 0.620.